The first-order valence-electron chi connectivity index (χ1n) is 7.75. The van der Waals surface area contributed by atoms with Gasteiger partial charge in [-0.25, -0.2) is 4.39 Å². The second kappa shape index (κ2) is 7.42. The van der Waals surface area contributed by atoms with Gasteiger partial charge in [-0.05, 0) is 56.2 Å². The van der Waals surface area contributed by atoms with Gasteiger partial charge >= 0.3 is 0 Å². The summed E-state index contributed by atoms with van der Waals surface area (Å²) in [5, 5.41) is 3.74. The second-order valence-corrected chi connectivity index (χ2v) is 6.42. The van der Waals surface area contributed by atoms with Crippen molar-refractivity contribution in [3.05, 3.63) is 34.6 Å². The molecular formula is C17H25ClFN. The Labute approximate surface area is 126 Å². The maximum absolute atomic E-state index is 13.6. The van der Waals surface area contributed by atoms with Crippen LogP contribution in [0.5, 0.6) is 0 Å². The molecule has 1 N–H and O–H groups in total. The lowest BCUT2D eigenvalue weighted by molar-refractivity contribution is 0.200. The predicted molar refractivity (Wildman–Crippen MR) is 83.7 cm³/mol. The second-order valence-electron chi connectivity index (χ2n) is 6.04. The molecular weight excluding hydrogens is 273 g/mol. The number of halogens is 2. The van der Waals surface area contributed by atoms with Crippen molar-refractivity contribution in [1.29, 1.82) is 0 Å². The van der Waals surface area contributed by atoms with Crippen LogP contribution in [-0.4, -0.2) is 13.1 Å². The third-order valence-corrected chi connectivity index (χ3v) is 5.10. The molecule has 3 heteroatoms. The molecule has 0 aliphatic heterocycles. The Hall–Kier alpha value is -0.600. The third-order valence-electron chi connectivity index (χ3n) is 4.67. The zero-order valence-electron chi connectivity index (χ0n) is 12.5. The smallest absolute Gasteiger partial charge is 0.142 e. The van der Waals surface area contributed by atoms with Crippen molar-refractivity contribution in [3.63, 3.8) is 0 Å². The van der Waals surface area contributed by atoms with E-state index in [1.807, 2.05) is 13.1 Å². The van der Waals surface area contributed by atoms with Crippen LogP contribution >= 0.6 is 11.6 Å². The van der Waals surface area contributed by atoms with Crippen molar-refractivity contribution in [2.75, 3.05) is 7.05 Å². The molecule has 1 aromatic rings. The summed E-state index contributed by atoms with van der Waals surface area (Å²) in [5.41, 5.74) is 0.953. The fourth-order valence-corrected chi connectivity index (χ4v) is 3.83. The summed E-state index contributed by atoms with van der Waals surface area (Å²) in [6.45, 7) is 2.25. The molecule has 2 rings (SSSR count). The predicted octanol–water partition coefficient (Wildman–Crippen LogP) is 4.83. The molecule has 0 aromatic heterocycles. The summed E-state index contributed by atoms with van der Waals surface area (Å²) >= 11 is 6.11. The summed E-state index contributed by atoms with van der Waals surface area (Å²) in [7, 11) is 2.03. The van der Waals surface area contributed by atoms with Crippen molar-refractivity contribution >= 4 is 11.6 Å². The molecule has 0 spiro atoms. The molecule has 3 atom stereocenters. The van der Waals surface area contributed by atoms with Gasteiger partial charge in [-0.15, -0.1) is 0 Å². The summed E-state index contributed by atoms with van der Waals surface area (Å²) < 4.78 is 13.6. The van der Waals surface area contributed by atoms with Crippen molar-refractivity contribution < 1.29 is 4.39 Å². The Morgan fingerprint density at radius 3 is 2.85 bits per heavy atom. The fraction of sp³-hybridized carbons (Fsp3) is 0.647. The molecule has 1 aliphatic rings. The quantitative estimate of drug-likeness (QED) is 0.821. The molecule has 0 radical (unpaired) electrons. The van der Waals surface area contributed by atoms with Crippen LogP contribution in [-0.2, 0) is 6.42 Å². The molecule has 112 valence electrons. The lowest BCUT2D eigenvalue weighted by Gasteiger charge is -2.36. The molecule has 0 bridgehead atoms. The summed E-state index contributed by atoms with van der Waals surface area (Å²) in [6, 6.07) is 5.68. The van der Waals surface area contributed by atoms with Crippen LogP contribution in [0, 0.1) is 17.7 Å². The topological polar surface area (TPSA) is 12.0 Å². The number of rotatable bonds is 5. The minimum absolute atomic E-state index is 0.300. The van der Waals surface area contributed by atoms with Gasteiger partial charge in [0, 0.05) is 6.04 Å². The summed E-state index contributed by atoms with van der Waals surface area (Å²) in [5.74, 6) is 1.08. The van der Waals surface area contributed by atoms with E-state index in [1.54, 1.807) is 6.07 Å². The summed E-state index contributed by atoms with van der Waals surface area (Å²) in [6.07, 6.45) is 7.20. The van der Waals surface area contributed by atoms with E-state index in [4.69, 9.17) is 11.6 Å². The Morgan fingerprint density at radius 2 is 2.15 bits per heavy atom. The highest BCUT2D eigenvalue weighted by Crippen LogP contribution is 2.35. The first-order chi connectivity index (χ1) is 9.65. The van der Waals surface area contributed by atoms with E-state index in [1.165, 1.54) is 38.2 Å². The van der Waals surface area contributed by atoms with Crippen LogP contribution in [0.25, 0.3) is 0 Å². The van der Waals surface area contributed by atoms with Crippen molar-refractivity contribution in [2.45, 2.75) is 51.5 Å². The molecule has 0 amide bonds. The fourth-order valence-electron chi connectivity index (χ4n) is 3.63. The first-order valence-corrected chi connectivity index (χ1v) is 8.13. The van der Waals surface area contributed by atoms with Crippen LogP contribution in [0.4, 0.5) is 4.39 Å². The van der Waals surface area contributed by atoms with Gasteiger partial charge in [0.2, 0.25) is 0 Å². The van der Waals surface area contributed by atoms with E-state index >= 15 is 0 Å². The van der Waals surface area contributed by atoms with Gasteiger partial charge in [0.1, 0.15) is 5.82 Å². The molecule has 1 fully saturated rings. The average molecular weight is 298 g/mol. The van der Waals surface area contributed by atoms with Gasteiger partial charge in [0.05, 0.1) is 5.02 Å². The van der Waals surface area contributed by atoms with Crippen LogP contribution < -0.4 is 5.32 Å². The summed E-state index contributed by atoms with van der Waals surface area (Å²) in [4.78, 5) is 0. The van der Waals surface area contributed by atoms with E-state index < -0.39 is 0 Å². The van der Waals surface area contributed by atoms with Crippen molar-refractivity contribution in [3.8, 4) is 0 Å². The van der Waals surface area contributed by atoms with E-state index in [-0.39, 0.29) is 5.82 Å². The van der Waals surface area contributed by atoms with Gasteiger partial charge in [-0.3, -0.25) is 0 Å². The van der Waals surface area contributed by atoms with Gasteiger partial charge < -0.3 is 5.32 Å². The highest BCUT2D eigenvalue weighted by molar-refractivity contribution is 6.31. The average Bonchev–Trinajstić information content (AvgIpc) is 2.45. The van der Waals surface area contributed by atoms with Gasteiger partial charge in [-0.1, -0.05) is 43.5 Å². The van der Waals surface area contributed by atoms with Crippen LogP contribution in [0.15, 0.2) is 18.2 Å². The zero-order chi connectivity index (χ0) is 14.5. The Kier molecular flexibility index (Phi) is 5.86. The number of hydrogen-bond donors (Lipinski definition) is 1. The van der Waals surface area contributed by atoms with Crippen LogP contribution in [0.2, 0.25) is 5.02 Å². The maximum atomic E-state index is 13.6. The highest BCUT2D eigenvalue weighted by Gasteiger charge is 2.29. The Bertz CT molecular complexity index is 435. The first kappa shape index (κ1) is 15.8. The maximum Gasteiger partial charge on any atom is 0.142 e. The van der Waals surface area contributed by atoms with Crippen molar-refractivity contribution in [2.24, 2.45) is 11.8 Å². The number of hydrogen-bond acceptors (Lipinski definition) is 1. The minimum atomic E-state index is -0.300. The van der Waals surface area contributed by atoms with E-state index in [0.29, 0.717) is 17.0 Å². The molecule has 1 aromatic carbocycles. The number of benzene rings is 1. The highest BCUT2D eigenvalue weighted by atomic mass is 35.5. The van der Waals surface area contributed by atoms with Crippen LogP contribution in [0.1, 0.15) is 44.6 Å². The van der Waals surface area contributed by atoms with Gasteiger partial charge in [-0.2, -0.15) is 0 Å². The SMILES string of the molecule is CCCC1CCC(NC)C(Cc2cccc(F)c2Cl)C1. The molecule has 0 heterocycles. The molecule has 20 heavy (non-hydrogen) atoms. The van der Waals surface area contributed by atoms with E-state index in [2.05, 4.69) is 12.2 Å². The monoisotopic (exact) mass is 297 g/mol. The van der Waals surface area contributed by atoms with Gasteiger partial charge in [0.25, 0.3) is 0 Å². The standard InChI is InChI=1S/C17H25ClFN/c1-3-5-12-8-9-16(20-2)14(10-12)11-13-6-4-7-15(19)17(13)18/h4,6-7,12,14,16,20H,3,5,8-11H2,1-2H3. The normalized spacial score (nSPS) is 26.7. The Morgan fingerprint density at radius 1 is 1.35 bits per heavy atom. The lowest BCUT2D eigenvalue weighted by Crippen LogP contribution is -2.39. The molecule has 1 nitrogen and oxygen atoms in total. The zero-order valence-corrected chi connectivity index (χ0v) is 13.2. The van der Waals surface area contributed by atoms with E-state index in [0.717, 1.165) is 17.9 Å². The lowest BCUT2D eigenvalue weighted by atomic mass is 9.74. The molecule has 0 saturated heterocycles. The largest absolute Gasteiger partial charge is 0.317 e. The molecule has 3 unspecified atom stereocenters. The van der Waals surface area contributed by atoms with Crippen LogP contribution in [0.3, 0.4) is 0 Å². The minimum Gasteiger partial charge on any atom is -0.317 e. The van der Waals surface area contributed by atoms with E-state index in [9.17, 15) is 4.39 Å². The number of nitrogens with one attached hydrogen (secondary N) is 1. The molecule has 1 saturated carbocycles. The van der Waals surface area contributed by atoms with Gasteiger partial charge in [0.15, 0.2) is 0 Å². The third kappa shape index (κ3) is 3.73. The Balaban J connectivity index is 2.09. The van der Waals surface area contributed by atoms with Crippen molar-refractivity contribution in [1.82, 2.24) is 5.32 Å². The molecule has 1 aliphatic carbocycles.